The van der Waals surface area contributed by atoms with Gasteiger partial charge in [-0.25, -0.2) is 9.97 Å². The molecule has 4 atom stereocenters. The Bertz CT molecular complexity index is 957. The quantitative estimate of drug-likeness (QED) is 0.441. The average Bonchev–Trinajstić information content (AvgIpc) is 3.32. The Morgan fingerprint density at radius 1 is 1.46 bits per heavy atom. The topological polar surface area (TPSA) is 76.9 Å². The third-order valence-corrected chi connectivity index (χ3v) is 7.14. The van der Waals surface area contributed by atoms with Crippen LogP contribution in [0, 0.1) is 17.8 Å². The van der Waals surface area contributed by atoms with Crippen molar-refractivity contribution in [1.82, 2.24) is 19.9 Å². The van der Waals surface area contributed by atoms with E-state index >= 15 is 0 Å². The van der Waals surface area contributed by atoms with Crippen molar-refractivity contribution >= 4 is 28.7 Å². The lowest BCUT2D eigenvalue weighted by Crippen LogP contribution is -2.41. The van der Waals surface area contributed by atoms with Gasteiger partial charge in [0.25, 0.3) is 5.56 Å². The number of nitrogens with zero attached hydrogens (tertiary/aromatic N) is 3. The summed E-state index contributed by atoms with van der Waals surface area (Å²) >= 11 is 1.28. The molecule has 7 heteroatoms. The molecule has 1 amide bonds. The monoisotopic (exact) mass is 398 g/mol. The Labute approximate surface area is 168 Å². The molecule has 2 heterocycles. The zero-order valence-electron chi connectivity index (χ0n) is 16.1. The van der Waals surface area contributed by atoms with E-state index in [9.17, 15) is 9.59 Å². The van der Waals surface area contributed by atoms with E-state index in [1.165, 1.54) is 37.4 Å². The lowest BCUT2D eigenvalue weighted by molar-refractivity contribution is -0.119. The minimum atomic E-state index is -0.156. The van der Waals surface area contributed by atoms with E-state index in [4.69, 9.17) is 0 Å². The number of carbonyl (C=O) groups excluding carboxylic acids is 1. The summed E-state index contributed by atoms with van der Waals surface area (Å²) in [4.78, 5) is 33.9. The highest BCUT2D eigenvalue weighted by Crippen LogP contribution is 2.49. The number of thioether (sulfide) groups is 1. The second kappa shape index (κ2) is 8.07. The number of hydrogen-bond acceptors (Lipinski definition) is 5. The molecule has 0 aliphatic heterocycles. The van der Waals surface area contributed by atoms with E-state index < -0.39 is 0 Å². The molecule has 0 aromatic carbocycles. The molecule has 0 saturated heterocycles. The molecule has 0 unspecified atom stereocenters. The van der Waals surface area contributed by atoms with Crippen LogP contribution in [-0.4, -0.2) is 32.2 Å². The van der Waals surface area contributed by atoms with Gasteiger partial charge in [-0.05, 0) is 56.1 Å². The molecule has 6 nitrogen and oxygen atoms in total. The molecule has 2 bridgehead atoms. The zero-order valence-corrected chi connectivity index (χ0v) is 17.0. The molecule has 0 radical (unpaired) electrons. The van der Waals surface area contributed by atoms with Gasteiger partial charge >= 0.3 is 0 Å². The number of rotatable bonds is 7. The van der Waals surface area contributed by atoms with E-state index in [0.29, 0.717) is 28.7 Å². The van der Waals surface area contributed by atoms with E-state index in [1.807, 2.05) is 0 Å². The Morgan fingerprint density at radius 2 is 2.32 bits per heavy atom. The normalized spacial score (nSPS) is 24.4. The van der Waals surface area contributed by atoms with Crippen molar-refractivity contribution in [3.63, 3.8) is 0 Å². The molecular weight excluding hydrogens is 372 g/mol. The number of pyridine rings is 1. The van der Waals surface area contributed by atoms with Gasteiger partial charge in [-0.15, -0.1) is 6.58 Å². The van der Waals surface area contributed by atoms with E-state index in [2.05, 4.69) is 28.8 Å². The minimum absolute atomic E-state index is 0.0132. The summed E-state index contributed by atoms with van der Waals surface area (Å²) in [5.74, 6) is 2.47. The Kier molecular flexibility index (Phi) is 5.53. The predicted octanol–water partition coefficient (Wildman–Crippen LogP) is 3.01. The standard InChI is InChI=1S/C21H26N4O2S/c1-3-9-25-20(27)16-5-4-8-22-19(16)24-21(25)28-12-18(26)23-13(2)17-11-14-6-7-15(17)10-14/h3-5,8,13-15,17H,1,6-7,9-12H2,2H3,(H,23,26)/t13-,14-,15-,17+/m0/s1. The molecule has 148 valence electrons. The molecule has 2 aromatic rings. The lowest BCUT2D eigenvalue weighted by atomic mass is 9.84. The second-order valence-corrected chi connectivity index (χ2v) is 8.90. The summed E-state index contributed by atoms with van der Waals surface area (Å²) < 4.78 is 1.55. The predicted molar refractivity (Wildman–Crippen MR) is 111 cm³/mol. The fourth-order valence-corrected chi connectivity index (χ4v) is 5.68. The van der Waals surface area contributed by atoms with Crippen LogP contribution in [0.15, 0.2) is 40.9 Å². The smallest absolute Gasteiger partial charge is 0.263 e. The van der Waals surface area contributed by atoms with Gasteiger partial charge in [0.05, 0.1) is 11.1 Å². The van der Waals surface area contributed by atoms with Crippen LogP contribution in [0.3, 0.4) is 0 Å². The molecule has 4 rings (SSSR count). The van der Waals surface area contributed by atoms with Crippen molar-refractivity contribution in [2.24, 2.45) is 17.8 Å². The number of allylic oxidation sites excluding steroid dienone is 1. The molecule has 2 fully saturated rings. The maximum Gasteiger partial charge on any atom is 0.263 e. The molecule has 2 saturated carbocycles. The number of fused-ring (bicyclic) bond motifs is 3. The Hall–Kier alpha value is -2.15. The highest BCUT2D eigenvalue weighted by molar-refractivity contribution is 7.99. The maximum atomic E-state index is 12.7. The molecule has 28 heavy (non-hydrogen) atoms. The highest BCUT2D eigenvalue weighted by atomic mass is 32.2. The van der Waals surface area contributed by atoms with Crippen LogP contribution in [0.25, 0.3) is 11.0 Å². The van der Waals surface area contributed by atoms with Crippen LogP contribution in [0.5, 0.6) is 0 Å². The van der Waals surface area contributed by atoms with Gasteiger partial charge in [0, 0.05) is 18.8 Å². The van der Waals surface area contributed by atoms with Gasteiger partial charge in [-0.3, -0.25) is 14.2 Å². The number of aromatic nitrogens is 3. The van der Waals surface area contributed by atoms with Gasteiger partial charge < -0.3 is 5.32 Å². The van der Waals surface area contributed by atoms with Crippen LogP contribution in [0.4, 0.5) is 0 Å². The molecule has 1 N–H and O–H groups in total. The molecular formula is C21H26N4O2S. The number of amides is 1. The third-order valence-electron chi connectivity index (χ3n) is 6.16. The van der Waals surface area contributed by atoms with Crippen molar-refractivity contribution in [3.05, 3.63) is 41.3 Å². The average molecular weight is 399 g/mol. The fraction of sp³-hybridized carbons (Fsp3) is 0.524. The summed E-state index contributed by atoms with van der Waals surface area (Å²) in [7, 11) is 0. The van der Waals surface area contributed by atoms with E-state index in [0.717, 1.165) is 11.8 Å². The summed E-state index contributed by atoms with van der Waals surface area (Å²) in [5.41, 5.74) is 0.252. The molecule has 0 spiro atoms. The fourth-order valence-electron chi connectivity index (χ4n) is 4.88. The third kappa shape index (κ3) is 3.72. The van der Waals surface area contributed by atoms with Gasteiger partial charge in [-0.2, -0.15) is 0 Å². The summed E-state index contributed by atoms with van der Waals surface area (Å²) in [6.07, 6.45) is 8.53. The molecule has 2 aliphatic rings. The van der Waals surface area contributed by atoms with Crippen molar-refractivity contribution in [2.75, 3.05) is 5.75 Å². The van der Waals surface area contributed by atoms with Gasteiger partial charge in [-0.1, -0.05) is 24.3 Å². The first kappa shape index (κ1) is 19.2. The summed E-state index contributed by atoms with van der Waals surface area (Å²) in [6.45, 7) is 6.20. The van der Waals surface area contributed by atoms with Gasteiger partial charge in [0.15, 0.2) is 10.8 Å². The van der Waals surface area contributed by atoms with Gasteiger partial charge in [0.2, 0.25) is 5.91 Å². The first-order valence-electron chi connectivity index (χ1n) is 9.95. The SMILES string of the molecule is C=CCn1c(SCC(=O)N[C@@H](C)[C@H]2C[C@H]3CC[C@H]2C3)nc2ncccc2c1=O. The molecule has 2 aromatic heterocycles. The second-order valence-electron chi connectivity index (χ2n) is 7.96. The number of nitrogens with one attached hydrogen (secondary N) is 1. The first-order chi connectivity index (χ1) is 13.6. The maximum absolute atomic E-state index is 12.7. The summed E-state index contributed by atoms with van der Waals surface area (Å²) in [5, 5.41) is 4.14. The first-order valence-corrected chi connectivity index (χ1v) is 10.9. The number of hydrogen-bond donors (Lipinski definition) is 1. The van der Waals surface area contributed by atoms with Crippen LogP contribution < -0.4 is 10.9 Å². The summed E-state index contributed by atoms with van der Waals surface area (Å²) in [6, 6.07) is 3.64. The lowest BCUT2D eigenvalue weighted by Gasteiger charge is -2.28. The largest absolute Gasteiger partial charge is 0.353 e. The minimum Gasteiger partial charge on any atom is -0.353 e. The van der Waals surface area contributed by atoms with Crippen LogP contribution in [0.1, 0.15) is 32.6 Å². The number of carbonyl (C=O) groups is 1. The van der Waals surface area contributed by atoms with Crippen LogP contribution >= 0.6 is 11.8 Å². The Morgan fingerprint density at radius 3 is 3.04 bits per heavy atom. The van der Waals surface area contributed by atoms with Crippen LogP contribution in [-0.2, 0) is 11.3 Å². The highest BCUT2D eigenvalue weighted by Gasteiger charge is 2.42. The zero-order chi connectivity index (χ0) is 19.7. The van der Waals surface area contributed by atoms with E-state index in [1.54, 1.807) is 29.0 Å². The van der Waals surface area contributed by atoms with Crippen molar-refractivity contribution in [2.45, 2.75) is 50.4 Å². The Balaban J connectivity index is 1.44. The van der Waals surface area contributed by atoms with Gasteiger partial charge in [0.1, 0.15) is 0 Å². The van der Waals surface area contributed by atoms with Crippen molar-refractivity contribution < 1.29 is 4.79 Å². The van der Waals surface area contributed by atoms with Crippen molar-refractivity contribution in [3.8, 4) is 0 Å². The van der Waals surface area contributed by atoms with E-state index in [-0.39, 0.29) is 23.3 Å². The van der Waals surface area contributed by atoms with Crippen LogP contribution in [0.2, 0.25) is 0 Å². The molecule has 2 aliphatic carbocycles. The van der Waals surface area contributed by atoms with Crippen molar-refractivity contribution in [1.29, 1.82) is 0 Å².